The molecule has 1 rings (SSSR count). The van der Waals surface area contributed by atoms with Gasteiger partial charge in [-0.15, -0.1) is 11.8 Å². The molecule has 0 saturated carbocycles. The van der Waals surface area contributed by atoms with Crippen LogP contribution in [0.1, 0.15) is 6.92 Å². The maximum atomic E-state index is 11.3. The van der Waals surface area contributed by atoms with E-state index in [9.17, 15) is 14.9 Å². The molecule has 1 aromatic rings. The number of benzene rings is 1. The van der Waals surface area contributed by atoms with Crippen molar-refractivity contribution >= 4 is 23.4 Å². The normalized spacial score (nSPS) is 13.9. The Bertz CT molecular complexity index is 449. The van der Waals surface area contributed by atoms with E-state index in [0.717, 1.165) is 4.90 Å². The van der Waals surface area contributed by atoms with Gasteiger partial charge in [0.05, 0.1) is 4.92 Å². The number of carbonyl (C=O) groups excluding carboxylic acids is 1. The van der Waals surface area contributed by atoms with Crippen LogP contribution in [0.3, 0.4) is 0 Å². The molecule has 0 bridgehead atoms. The van der Waals surface area contributed by atoms with Crippen molar-refractivity contribution in [1.82, 2.24) is 5.32 Å². The highest BCUT2D eigenvalue weighted by molar-refractivity contribution is 7.99. The highest BCUT2D eigenvalue weighted by atomic mass is 32.2. The molecule has 0 radical (unpaired) electrons. The molecule has 7 heteroatoms. The molecule has 1 amide bonds. The van der Waals surface area contributed by atoms with Gasteiger partial charge in [-0.05, 0) is 26.1 Å². The molecule has 0 heterocycles. The number of amides is 1. The summed E-state index contributed by atoms with van der Waals surface area (Å²) >= 11 is 1.41. The Kier molecular flexibility index (Phi) is 4.69. The Labute approximate surface area is 109 Å². The molecule has 0 aliphatic carbocycles. The lowest BCUT2D eigenvalue weighted by Gasteiger charge is -2.24. The second-order valence-electron chi connectivity index (χ2n) is 3.99. The minimum absolute atomic E-state index is 0.0469. The van der Waals surface area contributed by atoms with Gasteiger partial charge in [0.15, 0.2) is 0 Å². The number of carbonyl (C=O) groups is 1. The van der Waals surface area contributed by atoms with Crippen molar-refractivity contribution in [2.75, 3.05) is 12.8 Å². The fraction of sp³-hybridized carbons (Fsp3) is 0.364. The van der Waals surface area contributed by atoms with Crippen molar-refractivity contribution < 1.29 is 9.72 Å². The van der Waals surface area contributed by atoms with Crippen molar-refractivity contribution in [2.45, 2.75) is 17.4 Å². The van der Waals surface area contributed by atoms with Gasteiger partial charge in [0.25, 0.3) is 5.69 Å². The molecule has 0 aliphatic heterocycles. The third kappa shape index (κ3) is 3.44. The number of primary amides is 1. The Hall–Kier alpha value is -1.60. The van der Waals surface area contributed by atoms with E-state index in [1.165, 1.54) is 23.9 Å². The molecule has 0 saturated heterocycles. The van der Waals surface area contributed by atoms with Crippen LogP contribution in [0, 0.1) is 10.1 Å². The van der Waals surface area contributed by atoms with Crippen molar-refractivity contribution in [2.24, 2.45) is 5.73 Å². The van der Waals surface area contributed by atoms with Crippen LogP contribution in [0.2, 0.25) is 0 Å². The van der Waals surface area contributed by atoms with Crippen LogP contribution in [0.15, 0.2) is 29.2 Å². The average molecular weight is 269 g/mol. The van der Waals surface area contributed by atoms with E-state index < -0.39 is 16.4 Å². The Balaban J connectivity index is 2.69. The minimum atomic E-state index is -0.799. The van der Waals surface area contributed by atoms with Crippen LogP contribution in [0.25, 0.3) is 0 Å². The summed E-state index contributed by atoms with van der Waals surface area (Å²) in [4.78, 5) is 22.2. The zero-order valence-corrected chi connectivity index (χ0v) is 11.0. The SMILES string of the molecule is CNC(C)(CSc1ccc([N+](=O)[O-])cc1)C(N)=O. The molecule has 1 atom stereocenters. The summed E-state index contributed by atoms with van der Waals surface area (Å²) in [6.45, 7) is 1.72. The number of thioether (sulfide) groups is 1. The molecule has 18 heavy (non-hydrogen) atoms. The predicted molar refractivity (Wildman–Crippen MR) is 70.5 cm³/mol. The molecule has 1 aromatic carbocycles. The summed E-state index contributed by atoms with van der Waals surface area (Å²) in [7, 11) is 1.67. The first-order valence-electron chi connectivity index (χ1n) is 5.25. The smallest absolute Gasteiger partial charge is 0.269 e. The number of nitrogens with zero attached hydrogens (tertiary/aromatic N) is 1. The Morgan fingerprint density at radius 1 is 1.50 bits per heavy atom. The Morgan fingerprint density at radius 2 is 2.06 bits per heavy atom. The van der Waals surface area contributed by atoms with E-state index >= 15 is 0 Å². The van der Waals surface area contributed by atoms with E-state index in [4.69, 9.17) is 5.73 Å². The van der Waals surface area contributed by atoms with Crippen molar-refractivity contribution in [3.8, 4) is 0 Å². The van der Waals surface area contributed by atoms with Gasteiger partial charge in [0.2, 0.25) is 5.91 Å². The molecular formula is C11H15N3O3S. The molecule has 3 N–H and O–H groups in total. The monoisotopic (exact) mass is 269 g/mol. The number of non-ortho nitro benzene ring substituents is 1. The summed E-state index contributed by atoms with van der Waals surface area (Å²) in [5, 5.41) is 13.4. The van der Waals surface area contributed by atoms with E-state index in [2.05, 4.69) is 5.32 Å². The van der Waals surface area contributed by atoms with E-state index in [1.54, 1.807) is 26.1 Å². The Morgan fingerprint density at radius 3 is 2.44 bits per heavy atom. The third-order valence-electron chi connectivity index (χ3n) is 2.67. The van der Waals surface area contributed by atoms with Crippen molar-refractivity contribution in [3.05, 3.63) is 34.4 Å². The molecule has 6 nitrogen and oxygen atoms in total. The number of hydrogen-bond donors (Lipinski definition) is 2. The van der Waals surface area contributed by atoms with Gasteiger partial charge >= 0.3 is 0 Å². The average Bonchev–Trinajstić information content (AvgIpc) is 2.36. The number of rotatable bonds is 6. The molecular weight excluding hydrogens is 254 g/mol. The van der Waals surface area contributed by atoms with Gasteiger partial charge in [0, 0.05) is 22.8 Å². The number of likely N-dealkylation sites (N-methyl/N-ethyl adjacent to an activating group) is 1. The number of nitrogens with two attached hydrogens (primary N) is 1. The van der Waals surface area contributed by atoms with Gasteiger partial charge in [-0.3, -0.25) is 14.9 Å². The first-order chi connectivity index (χ1) is 8.39. The van der Waals surface area contributed by atoms with Crippen molar-refractivity contribution in [1.29, 1.82) is 0 Å². The lowest BCUT2D eigenvalue weighted by Crippen LogP contribution is -2.53. The van der Waals surface area contributed by atoms with E-state index in [1.807, 2.05) is 0 Å². The number of hydrogen-bond acceptors (Lipinski definition) is 5. The lowest BCUT2D eigenvalue weighted by atomic mass is 10.1. The fourth-order valence-electron chi connectivity index (χ4n) is 1.16. The number of nitrogens with one attached hydrogen (secondary N) is 1. The molecule has 1 unspecified atom stereocenters. The summed E-state index contributed by atoms with van der Waals surface area (Å²) < 4.78 is 0. The third-order valence-corrected chi connectivity index (χ3v) is 4.00. The second kappa shape index (κ2) is 5.83. The van der Waals surface area contributed by atoms with Gasteiger partial charge < -0.3 is 11.1 Å². The highest BCUT2D eigenvalue weighted by Crippen LogP contribution is 2.24. The quantitative estimate of drug-likeness (QED) is 0.458. The minimum Gasteiger partial charge on any atom is -0.368 e. The number of nitro groups is 1. The van der Waals surface area contributed by atoms with Crippen molar-refractivity contribution in [3.63, 3.8) is 0 Å². The van der Waals surface area contributed by atoms with E-state index in [-0.39, 0.29) is 5.69 Å². The van der Waals surface area contributed by atoms with Crippen LogP contribution >= 0.6 is 11.8 Å². The van der Waals surface area contributed by atoms with Gasteiger partial charge in [-0.2, -0.15) is 0 Å². The summed E-state index contributed by atoms with van der Waals surface area (Å²) in [5.74, 6) is 0.0239. The molecule has 0 aliphatic rings. The topological polar surface area (TPSA) is 98.3 Å². The maximum Gasteiger partial charge on any atom is 0.269 e. The molecule has 0 aromatic heterocycles. The second-order valence-corrected chi connectivity index (χ2v) is 5.03. The molecule has 98 valence electrons. The molecule has 0 spiro atoms. The van der Waals surface area contributed by atoms with Crippen LogP contribution in [0.4, 0.5) is 5.69 Å². The van der Waals surface area contributed by atoms with Crippen LogP contribution in [-0.2, 0) is 4.79 Å². The first kappa shape index (κ1) is 14.5. The summed E-state index contributed by atoms with van der Waals surface area (Å²) in [5.41, 5.74) is 4.55. The van der Waals surface area contributed by atoms with Gasteiger partial charge in [0.1, 0.15) is 5.54 Å². The lowest BCUT2D eigenvalue weighted by molar-refractivity contribution is -0.384. The largest absolute Gasteiger partial charge is 0.368 e. The predicted octanol–water partition coefficient (Wildman–Crippen LogP) is 1.15. The van der Waals surface area contributed by atoms with E-state index in [0.29, 0.717) is 5.75 Å². The zero-order chi connectivity index (χ0) is 13.8. The first-order valence-corrected chi connectivity index (χ1v) is 6.23. The van der Waals surface area contributed by atoms with Gasteiger partial charge in [-0.1, -0.05) is 0 Å². The maximum absolute atomic E-state index is 11.3. The summed E-state index contributed by atoms with van der Waals surface area (Å²) in [6.07, 6.45) is 0. The fourth-order valence-corrected chi connectivity index (χ4v) is 2.23. The van der Waals surface area contributed by atoms with Gasteiger partial charge in [-0.25, -0.2) is 0 Å². The van der Waals surface area contributed by atoms with Crippen LogP contribution in [-0.4, -0.2) is 29.2 Å². The summed E-state index contributed by atoms with van der Waals surface area (Å²) in [6, 6.07) is 6.17. The number of nitro benzene ring substituents is 1. The molecule has 0 fully saturated rings. The highest BCUT2D eigenvalue weighted by Gasteiger charge is 2.28. The van der Waals surface area contributed by atoms with Crippen LogP contribution in [0.5, 0.6) is 0 Å². The standard InChI is InChI=1S/C11H15N3O3S/c1-11(13-2,10(12)15)7-18-9-5-3-8(4-6-9)14(16)17/h3-6,13H,7H2,1-2H3,(H2,12,15). The zero-order valence-electron chi connectivity index (χ0n) is 10.2. The van der Waals surface area contributed by atoms with Crippen LogP contribution < -0.4 is 11.1 Å².